The Kier molecular flexibility index (Phi) is 5.44. The van der Waals surface area contributed by atoms with Crippen LogP contribution in [-0.4, -0.2) is 19.9 Å². The van der Waals surface area contributed by atoms with Crippen LogP contribution in [0.3, 0.4) is 0 Å². The van der Waals surface area contributed by atoms with E-state index in [0.29, 0.717) is 23.1 Å². The summed E-state index contributed by atoms with van der Waals surface area (Å²) in [5.74, 6) is 0.536. The molecule has 2 aromatic carbocycles. The number of pyridine rings is 1. The highest BCUT2D eigenvalue weighted by atomic mass is 35.5. The molecule has 0 atom stereocenters. The predicted octanol–water partition coefficient (Wildman–Crippen LogP) is 4.69. The number of anilines is 3. The number of hydrogen-bond acceptors (Lipinski definition) is 4. The number of nitrogens with zero attached hydrogens (tertiary/aromatic N) is 2. The number of benzene rings is 2. The lowest BCUT2D eigenvalue weighted by molar-refractivity contribution is 0.591. The fraction of sp³-hybridized carbons (Fsp3) is 0.105. The van der Waals surface area contributed by atoms with Crippen LogP contribution in [0.25, 0.3) is 0 Å². The Labute approximate surface area is 158 Å². The highest BCUT2D eigenvalue weighted by Crippen LogP contribution is 2.24. The summed E-state index contributed by atoms with van der Waals surface area (Å²) >= 11 is 5.96. The minimum Gasteiger partial charge on any atom is -0.340 e. The summed E-state index contributed by atoms with van der Waals surface area (Å²) in [5.41, 5.74) is 1.40. The average molecular weight is 388 g/mol. The summed E-state index contributed by atoms with van der Waals surface area (Å²) in [6.07, 6.45) is 1.35. The van der Waals surface area contributed by atoms with Crippen molar-refractivity contribution in [1.29, 1.82) is 0 Å². The quantitative estimate of drug-likeness (QED) is 0.666. The Morgan fingerprint density at radius 3 is 2.42 bits per heavy atom. The first kappa shape index (κ1) is 18.2. The monoisotopic (exact) mass is 387 g/mol. The largest absolute Gasteiger partial charge is 0.340 e. The normalized spacial score (nSPS) is 11.2. The number of halogens is 1. The average Bonchev–Trinajstić information content (AvgIpc) is 2.63. The van der Waals surface area contributed by atoms with Crippen LogP contribution in [0.15, 0.2) is 77.8 Å². The summed E-state index contributed by atoms with van der Waals surface area (Å²) in [6.45, 7) is 2.13. The van der Waals surface area contributed by atoms with Crippen molar-refractivity contribution in [3.05, 3.63) is 77.9 Å². The van der Waals surface area contributed by atoms with Gasteiger partial charge >= 0.3 is 0 Å². The zero-order valence-electron chi connectivity index (χ0n) is 14.1. The summed E-state index contributed by atoms with van der Waals surface area (Å²) in [5, 5.41) is 3.70. The van der Waals surface area contributed by atoms with Gasteiger partial charge in [-0.2, -0.15) is 0 Å². The van der Waals surface area contributed by atoms with E-state index in [9.17, 15) is 8.42 Å². The fourth-order valence-electron chi connectivity index (χ4n) is 2.53. The number of para-hydroxylation sites is 1. The molecule has 3 rings (SSSR count). The standard InChI is InChI=1S/C19H18ClN3O2S/c1-2-23(17-9-4-3-5-10-17)26(24,25)18-11-12-19(21-14-18)22-16-8-6-7-15(20)13-16/h3-14H,2H2,1H3,(H,21,22). The molecule has 0 saturated carbocycles. The van der Waals surface area contributed by atoms with E-state index in [-0.39, 0.29) is 4.90 Å². The van der Waals surface area contributed by atoms with Crippen LogP contribution in [0.5, 0.6) is 0 Å². The third-order valence-electron chi connectivity index (χ3n) is 3.75. The van der Waals surface area contributed by atoms with Gasteiger partial charge in [0, 0.05) is 23.5 Å². The molecule has 1 aromatic heterocycles. The maximum Gasteiger partial charge on any atom is 0.265 e. The van der Waals surface area contributed by atoms with Crippen LogP contribution in [0.2, 0.25) is 5.02 Å². The third-order valence-corrected chi connectivity index (χ3v) is 5.87. The molecular weight excluding hydrogens is 370 g/mol. The summed E-state index contributed by atoms with van der Waals surface area (Å²) in [4.78, 5) is 4.36. The number of rotatable bonds is 6. The zero-order valence-corrected chi connectivity index (χ0v) is 15.7. The lowest BCUT2D eigenvalue weighted by atomic mass is 10.3. The minimum atomic E-state index is -3.68. The van der Waals surface area contributed by atoms with E-state index in [1.807, 2.05) is 30.3 Å². The van der Waals surface area contributed by atoms with Crippen molar-refractivity contribution < 1.29 is 8.42 Å². The van der Waals surface area contributed by atoms with Gasteiger partial charge in [-0.3, -0.25) is 4.31 Å². The van der Waals surface area contributed by atoms with Gasteiger partial charge in [0.1, 0.15) is 10.7 Å². The minimum absolute atomic E-state index is 0.139. The molecule has 7 heteroatoms. The molecule has 0 spiro atoms. The molecule has 26 heavy (non-hydrogen) atoms. The topological polar surface area (TPSA) is 62.3 Å². The van der Waals surface area contributed by atoms with Gasteiger partial charge in [0.15, 0.2) is 0 Å². The second-order valence-corrected chi connectivity index (χ2v) is 7.82. The Balaban J connectivity index is 1.85. The van der Waals surface area contributed by atoms with Gasteiger partial charge in [0.2, 0.25) is 0 Å². The SMILES string of the molecule is CCN(c1ccccc1)S(=O)(=O)c1ccc(Nc2cccc(Cl)c2)nc1. The van der Waals surface area contributed by atoms with Crippen LogP contribution < -0.4 is 9.62 Å². The first-order valence-electron chi connectivity index (χ1n) is 8.07. The van der Waals surface area contributed by atoms with E-state index in [1.54, 1.807) is 43.3 Å². The molecule has 1 heterocycles. The van der Waals surface area contributed by atoms with E-state index in [0.717, 1.165) is 5.69 Å². The van der Waals surface area contributed by atoms with E-state index in [2.05, 4.69) is 10.3 Å². The van der Waals surface area contributed by atoms with Crippen LogP contribution in [0.1, 0.15) is 6.92 Å². The molecule has 3 aromatic rings. The van der Waals surface area contributed by atoms with Crippen molar-refractivity contribution in [2.24, 2.45) is 0 Å². The van der Waals surface area contributed by atoms with E-state index >= 15 is 0 Å². The maximum absolute atomic E-state index is 12.9. The molecule has 0 amide bonds. The highest BCUT2D eigenvalue weighted by Gasteiger charge is 2.23. The van der Waals surface area contributed by atoms with E-state index in [1.165, 1.54) is 10.5 Å². The maximum atomic E-state index is 12.9. The van der Waals surface area contributed by atoms with Crippen molar-refractivity contribution in [3.8, 4) is 0 Å². The molecule has 0 fully saturated rings. The van der Waals surface area contributed by atoms with Gasteiger partial charge < -0.3 is 5.32 Å². The van der Waals surface area contributed by atoms with Crippen molar-refractivity contribution in [2.45, 2.75) is 11.8 Å². The van der Waals surface area contributed by atoms with Crippen molar-refractivity contribution in [1.82, 2.24) is 4.98 Å². The van der Waals surface area contributed by atoms with E-state index < -0.39 is 10.0 Å². The number of hydrogen-bond donors (Lipinski definition) is 1. The Morgan fingerprint density at radius 2 is 1.81 bits per heavy atom. The van der Waals surface area contributed by atoms with Gasteiger partial charge in [-0.25, -0.2) is 13.4 Å². The predicted molar refractivity (Wildman–Crippen MR) is 106 cm³/mol. The fourth-order valence-corrected chi connectivity index (χ4v) is 4.14. The molecule has 1 N–H and O–H groups in total. The molecule has 5 nitrogen and oxygen atoms in total. The molecule has 0 saturated heterocycles. The number of aromatic nitrogens is 1. The Hall–Kier alpha value is -2.57. The van der Waals surface area contributed by atoms with Gasteiger partial charge in [-0.05, 0) is 49.4 Å². The van der Waals surface area contributed by atoms with Crippen molar-refractivity contribution >= 4 is 38.8 Å². The van der Waals surface area contributed by atoms with E-state index in [4.69, 9.17) is 11.6 Å². The molecule has 0 radical (unpaired) electrons. The molecule has 0 unspecified atom stereocenters. The first-order valence-corrected chi connectivity index (χ1v) is 9.89. The van der Waals surface area contributed by atoms with Crippen molar-refractivity contribution in [3.63, 3.8) is 0 Å². The number of sulfonamides is 1. The first-order chi connectivity index (χ1) is 12.5. The Bertz CT molecular complexity index is 977. The molecule has 0 aliphatic carbocycles. The lowest BCUT2D eigenvalue weighted by Crippen LogP contribution is -2.30. The Morgan fingerprint density at radius 1 is 1.04 bits per heavy atom. The molecule has 0 aliphatic rings. The second-order valence-electron chi connectivity index (χ2n) is 5.52. The van der Waals surface area contributed by atoms with Crippen molar-refractivity contribution in [2.75, 3.05) is 16.2 Å². The van der Waals surface area contributed by atoms with Crippen LogP contribution in [-0.2, 0) is 10.0 Å². The molecule has 134 valence electrons. The lowest BCUT2D eigenvalue weighted by Gasteiger charge is -2.22. The third kappa shape index (κ3) is 3.98. The van der Waals surface area contributed by atoms with Crippen LogP contribution in [0.4, 0.5) is 17.2 Å². The van der Waals surface area contributed by atoms with Gasteiger partial charge in [-0.15, -0.1) is 0 Å². The molecule has 0 aliphatic heterocycles. The zero-order chi connectivity index (χ0) is 18.6. The molecule has 0 bridgehead atoms. The smallest absolute Gasteiger partial charge is 0.265 e. The highest BCUT2D eigenvalue weighted by molar-refractivity contribution is 7.92. The van der Waals surface area contributed by atoms with Gasteiger partial charge in [-0.1, -0.05) is 35.9 Å². The summed E-state index contributed by atoms with van der Waals surface area (Å²) < 4.78 is 27.2. The summed E-state index contributed by atoms with van der Waals surface area (Å²) in [6, 6.07) is 19.4. The van der Waals surface area contributed by atoms with Gasteiger partial charge in [0.25, 0.3) is 10.0 Å². The van der Waals surface area contributed by atoms with Gasteiger partial charge in [0.05, 0.1) is 5.69 Å². The second kappa shape index (κ2) is 7.76. The van der Waals surface area contributed by atoms with Crippen LogP contribution >= 0.6 is 11.6 Å². The molecular formula is C19H18ClN3O2S. The number of nitrogens with one attached hydrogen (secondary N) is 1. The van der Waals surface area contributed by atoms with Crippen LogP contribution in [0, 0.1) is 0 Å². The summed E-state index contributed by atoms with van der Waals surface area (Å²) in [7, 11) is -3.68.